The number of H-pyrrole nitrogens is 2. The van der Waals surface area contributed by atoms with Gasteiger partial charge in [0.2, 0.25) is 23.6 Å². The highest BCUT2D eigenvalue weighted by Crippen LogP contribution is 2.35. The topological polar surface area (TPSA) is 156 Å². The van der Waals surface area contributed by atoms with Crippen molar-refractivity contribution in [1.82, 2.24) is 40.4 Å². The lowest BCUT2D eigenvalue weighted by molar-refractivity contribution is -0.137. The molecule has 4 amide bonds. The Balaban J connectivity index is 1.01. The number of hydrogen-bond acceptors (Lipinski definition) is 6. The molecule has 0 unspecified atom stereocenters. The lowest BCUT2D eigenvalue weighted by Crippen LogP contribution is -2.42. The summed E-state index contributed by atoms with van der Waals surface area (Å²) in [4.78, 5) is 71.1. The second kappa shape index (κ2) is 16.0. The smallest absolute Gasteiger partial charge is 0.250 e. The van der Waals surface area contributed by atoms with Crippen molar-refractivity contribution in [3.8, 4) is 23.1 Å². The third-order valence-electron chi connectivity index (χ3n) is 9.89. The van der Waals surface area contributed by atoms with E-state index < -0.39 is 12.1 Å². The molecule has 4 N–H and O–H groups in total. The fourth-order valence-electron chi connectivity index (χ4n) is 7.33. The maximum Gasteiger partial charge on any atom is 0.250 e. The van der Waals surface area contributed by atoms with Crippen molar-refractivity contribution in [2.24, 2.45) is 0 Å². The zero-order valence-corrected chi connectivity index (χ0v) is 30.2. The molecule has 0 aliphatic carbocycles. The SMILES string of the molecule is CC(=O)N[C@@H](C(=O)N1CCC[C@H]1c1ncc(C#Cc2ccc(-c3cnc([C@@H]4CCCN4C(=O)[C@H](NC(C)=O)c4ccccc4)[nH]3)cc2)[nH]1)c1ccccc1. The first-order valence-corrected chi connectivity index (χ1v) is 18.2. The summed E-state index contributed by atoms with van der Waals surface area (Å²) in [7, 11) is 0. The Kier molecular flexibility index (Phi) is 10.7. The number of nitrogens with zero attached hydrogens (tertiary/aromatic N) is 4. The van der Waals surface area contributed by atoms with Gasteiger partial charge in [0, 0.05) is 32.5 Å². The first-order chi connectivity index (χ1) is 26.2. The summed E-state index contributed by atoms with van der Waals surface area (Å²) >= 11 is 0. The van der Waals surface area contributed by atoms with Gasteiger partial charge in [-0.05, 0) is 60.4 Å². The number of carbonyl (C=O) groups is 4. The summed E-state index contributed by atoms with van der Waals surface area (Å²) in [6.07, 6.45) is 6.65. The Hall–Kier alpha value is -6.48. The molecule has 2 aliphatic heterocycles. The second-order valence-electron chi connectivity index (χ2n) is 13.7. The van der Waals surface area contributed by atoms with Crippen LogP contribution in [0.5, 0.6) is 0 Å². The molecule has 2 aromatic heterocycles. The molecule has 2 saturated heterocycles. The van der Waals surface area contributed by atoms with Crippen LogP contribution in [0.1, 0.15) is 97.7 Å². The molecule has 274 valence electrons. The van der Waals surface area contributed by atoms with Gasteiger partial charge in [-0.3, -0.25) is 19.2 Å². The van der Waals surface area contributed by atoms with Crippen LogP contribution in [-0.4, -0.2) is 66.5 Å². The summed E-state index contributed by atoms with van der Waals surface area (Å²) in [5.74, 6) is 6.87. The van der Waals surface area contributed by atoms with E-state index in [1.807, 2.05) is 89.8 Å². The Morgan fingerprint density at radius 3 is 1.69 bits per heavy atom. The minimum atomic E-state index is -0.773. The number of benzene rings is 3. The molecule has 0 bridgehead atoms. The molecule has 0 saturated carbocycles. The van der Waals surface area contributed by atoms with Crippen LogP contribution in [0, 0.1) is 11.8 Å². The van der Waals surface area contributed by atoms with Crippen molar-refractivity contribution in [1.29, 1.82) is 0 Å². The molecular formula is C42H42N8O4. The summed E-state index contributed by atoms with van der Waals surface area (Å²) < 4.78 is 0. The van der Waals surface area contributed by atoms with Gasteiger partial charge in [-0.15, -0.1) is 0 Å². The average Bonchev–Trinajstić information content (AvgIpc) is 4.02. The molecule has 0 radical (unpaired) electrons. The van der Waals surface area contributed by atoms with E-state index in [-0.39, 0.29) is 35.7 Å². The van der Waals surface area contributed by atoms with Crippen LogP contribution in [0.3, 0.4) is 0 Å². The monoisotopic (exact) mass is 722 g/mol. The van der Waals surface area contributed by atoms with Crippen molar-refractivity contribution < 1.29 is 19.2 Å². The van der Waals surface area contributed by atoms with Gasteiger partial charge in [0.05, 0.1) is 30.2 Å². The maximum absolute atomic E-state index is 13.8. The van der Waals surface area contributed by atoms with Gasteiger partial charge in [-0.2, -0.15) is 0 Å². The zero-order valence-electron chi connectivity index (χ0n) is 30.2. The largest absolute Gasteiger partial charge is 0.341 e. The lowest BCUT2D eigenvalue weighted by Gasteiger charge is -2.28. The van der Waals surface area contributed by atoms with Crippen LogP contribution < -0.4 is 10.6 Å². The van der Waals surface area contributed by atoms with Crippen LogP contribution >= 0.6 is 0 Å². The Labute approximate surface area is 313 Å². The molecule has 4 atom stereocenters. The first kappa shape index (κ1) is 35.9. The standard InChI is InChI=1S/C42H42N8O4/c1-27(51)45-37(31-11-5-3-6-12-31)41(53)49-23-9-15-35(49)39-43-25-33(47-39)22-19-29-17-20-30(21-18-29)34-26-44-40(48-34)36-16-10-24-50(36)42(54)38(46-28(2)52)32-13-7-4-8-14-32/h3-8,11-14,17-18,20-21,25-26,35-38H,9-10,15-16,23-24H2,1-2H3,(H,43,47)(H,44,48)(H,45,51)(H,46,52)/t35-,36-,37+,38+/m0/s1. The summed E-state index contributed by atoms with van der Waals surface area (Å²) in [5.41, 5.74) is 4.68. The van der Waals surface area contributed by atoms with Gasteiger partial charge < -0.3 is 30.4 Å². The van der Waals surface area contributed by atoms with E-state index in [0.29, 0.717) is 30.4 Å². The lowest BCUT2D eigenvalue weighted by atomic mass is 10.0. The van der Waals surface area contributed by atoms with E-state index in [2.05, 4.69) is 42.4 Å². The van der Waals surface area contributed by atoms with E-state index in [9.17, 15) is 19.2 Å². The number of hydrogen-bond donors (Lipinski definition) is 4. The van der Waals surface area contributed by atoms with E-state index in [1.165, 1.54) is 13.8 Å². The van der Waals surface area contributed by atoms with Crippen molar-refractivity contribution in [3.05, 3.63) is 131 Å². The minimum Gasteiger partial charge on any atom is -0.341 e. The highest BCUT2D eigenvalue weighted by molar-refractivity contribution is 5.89. The normalized spacial score (nSPS) is 17.7. The van der Waals surface area contributed by atoms with Crippen molar-refractivity contribution in [2.45, 2.75) is 63.7 Å². The van der Waals surface area contributed by atoms with Crippen LogP contribution in [-0.2, 0) is 19.2 Å². The number of imidazole rings is 2. The summed E-state index contributed by atoms with van der Waals surface area (Å²) in [5, 5.41) is 5.65. The van der Waals surface area contributed by atoms with E-state index in [4.69, 9.17) is 0 Å². The van der Waals surface area contributed by atoms with Crippen LogP contribution in [0.15, 0.2) is 97.3 Å². The number of nitrogens with one attached hydrogen (secondary N) is 4. The third kappa shape index (κ3) is 7.95. The molecule has 7 rings (SSSR count). The number of carbonyl (C=O) groups excluding carboxylic acids is 4. The molecule has 12 nitrogen and oxygen atoms in total. The molecule has 3 aromatic carbocycles. The molecule has 2 fully saturated rings. The predicted octanol–water partition coefficient (Wildman–Crippen LogP) is 5.28. The van der Waals surface area contributed by atoms with Crippen LogP contribution in [0.2, 0.25) is 0 Å². The van der Waals surface area contributed by atoms with Gasteiger partial charge in [0.15, 0.2) is 0 Å². The highest BCUT2D eigenvalue weighted by Gasteiger charge is 2.38. The molecule has 5 aromatic rings. The van der Waals surface area contributed by atoms with Gasteiger partial charge in [0.1, 0.15) is 29.4 Å². The van der Waals surface area contributed by atoms with Gasteiger partial charge in [-0.25, -0.2) is 9.97 Å². The van der Waals surface area contributed by atoms with Gasteiger partial charge in [-0.1, -0.05) is 78.7 Å². The minimum absolute atomic E-state index is 0.156. The predicted molar refractivity (Wildman–Crippen MR) is 202 cm³/mol. The van der Waals surface area contributed by atoms with E-state index >= 15 is 0 Å². The van der Waals surface area contributed by atoms with Crippen molar-refractivity contribution in [3.63, 3.8) is 0 Å². The fourth-order valence-corrected chi connectivity index (χ4v) is 7.33. The Morgan fingerprint density at radius 1 is 0.667 bits per heavy atom. The fraction of sp³-hybridized carbons (Fsp3) is 0.286. The van der Waals surface area contributed by atoms with Crippen LogP contribution in [0.4, 0.5) is 0 Å². The number of likely N-dealkylation sites (tertiary alicyclic amines) is 2. The number of amides is 4. The van der Waals surface area contributed by atoms with Gasteiger partial charge in [0.25, 0.3) is 0 Å². The molecule has 2 aliphatic rings. The highest BCUT2D eigenvalue weighted by atomic mass is 16.2. The van der Waals surface area contributed by atoms with Crippen molar-refractivity contribution >= 4 is 23.6 Å². The Bertz CT molecular complexity index is 2190. The Morgan fingerprint density at radius 2 is 1.17 bits per heavy atom. The average molecular weight is 723 g/mol. The van der Waals surface area contributed by atoms with E-state index in [1.54, 1.807) is 17.3 Å². The first-order valence-electron chi connectivity index (χ1n) is 18.2. The maximum atomic E-state index is 13.8. The molecule has 12 heteroatoms. The second-order valence-corrected chi connectivity index (χ2v) is 13.7. The van der Waals surface area contributed by atoms with Gasteiger partial charge >= 0.3 is 0 Å². The molecule has 0 spiro atoms. The number of rotatable bonds is 9. The molecule has 54 heavy (non-hydrogen) atoms. The third-order valence-corrected chi connectivity index (χ3v) is 9.89. The zero-order chi connectivity index (χ0) is 37.6. The summed E-state index contributed by atoms with van der Waals surface area (Å²) in [6.45, 7) is 3.99. The van der Waals surface area contributed by atoms with E-state index in [0.717, 1.165) is 53.6 Å². The number of aromatic amines is 2. The van der Waals surface area contributed by atoms with Crippen LogP contribution in [0.25, 0.3) is 11.3 Å². The molecular weight excluding hydrogens is 681 g/mol. The van der Waals surface area contributed by atoms with Crippen molar-refractivity contribution in [2.75, 3.05) is 13.1 Å². The number of aromatic nitrogens is 4. The molecule has 4 heterocycles. The summed E-state index contributed by atoms with van der Waals surface area (Å²) in [6, 6.07) is 24.4. The quantitative estimate of drug-likeness (QED) is 0.152.